The van der Waals surface area contributed by atoms with Gasteiger partial charge in [-0.3, -0.25) is 9.59 Å². The third-order valence-corrected chi connectivity index (χ3v) is 6.12. The Kier molecular flexibility index (Phi) is 3.95. The number of hydrogen-bond acceptors (Lipinski definition) is 5. The van der Waals surface area contributed by atoms with E-state index in [4.69, 9.17) is 16.3 Å². The maximum Gasteiger partial charge on any atom is 0.322 e. The number of carbonyl (C=O) groups is 2. The summed E-state index contributed by atoms with van der Waals surface area (Å²) < 4.78 is 31.6. The van der Waals surface area contributed by atoms with Crippen molar-refractivity contribution in [3.63, 3.8) is 0 Å². The molecule has 3 rings (SSSR count). The smallest absolute Gasteiger partial charge is 0.322 e. The van der Waals surface area contributed by atoms with E-state index in [9.17, 15) is 23.1 Å². The van der Waals surface area contributed by atoms with Gasteiger partial charge in [-0.15, -0.1) is 0 Å². The van der Waals surface area contributed by atoms with Crippen LogP contribution < -0.4 is 10.1 Å². The van der Waals surface area contributed by atoms with Gasteiger partial charge in [-0.2, -0.15) is 4.31 Å². The first-order valence-corrected chi connectivity index (χ1v) is 8.63. The van der Waals surface area contributed by atoms with E-state index in [-0.39, 0.29) is 46.8 Å². The van der Waals surface area contributed by atoms with Gasteiger partial charge in [0.05, 0.1) is 10.7 Å². The van der Waals surface area contributed by atoms with Crippen LogP contribution in [0.5, 0.6) is 5.75 Å². The number of sulfonamides is 1. The zero-order valence-corrected chi connectivity index (χ0v) is 13.4. The van der Waals surface area contributed by atoms with Crippen LogP contribution in [0.15, 0.2) is 17.0 Å². The lowest BCUT2D eigenvalue weighted by molar-refractivity contribution is -0.140. The molecule has 1 atom stereocenters. The number of nitrogens with zero attached hydrogens (tertiary/aromatic N) is 1. The number of carboxylic acid groups (broad SMARTS) is 1. The summed E-state index contributed by atoms with van der Waals surface area (Å²) in [5, 5.41) is 11.6. The molecule has 0 saturated carbocycles. The summed E-state index contributed by atoms with van der Waals surface area (Å²) in [5.41, 5.74) is 0.279. The molecule has 23 heavy (non-hydrogen) atoms. The SMILES string of the molecule is O=C1COc2cc(S(=O)(=O)N3CCC[C@@H]3C(=O)O)c(Cl)cc2N1. The summed E-state index contributed by atoms with van der Waals surface area (Å²) in [7, 11) is -4.08. The fourth-order valence-electron chi connectivity index (χ4n) is 2.68. The van der Waals surface area contributed by atoms with Crippen molar-refractivity contribution in [1.82, 2.24) is 4.31 Å². The van der Waals surface area contributed by atoms with E-state index >= 15 is 0 Å². The number of nitrogens with one attached hydrogen (secondary N) is 1. The van der Waals surface area contributed by atoms with Crippen LogP contribution in [0.4, 0.5) is 5.69 Å². The fourth-order valence-corrected chi connectivity index (χ4v) is 4.85. The summed E-state index contributed by atoms with van der Waals surface area (Å²) in [6.07, 6.45) is 0.717. The van der Waals surface area contributed by atoms with E-state index in [0.29, 0.717) is 6.42 Å². The minimum Gasteiger partial charge on any atom is -0.482 e. The Hall–Kier alpha value is -1.84. The summed E-state index contributed by atoms with van der Waals surface area (Å²) in [5.74, 6) is -1.38. The van der Waals surface area contributed by atoms with Crippen LogP contribution >= 0.6 is 11.6 Å². The summed E-state index contributed by atoms with van der Waals surface area (Å²) in [6, 6.07) is 1.39. The second-order valence-electron chi connectivity index (χ2n) is 5.23. The van der Waals surface area contributed by atoms with Gasteiger partial charge in [0.15, 0.2) is 6.61 Å². The Morgan fingerprint density at radius 3 is 2.87 bits per heavy atom. The Bertz CT molecular complexity index is 794. The molecule has 2 heterocycles. The highest BCUT2D eigenvalue weighted by Crippen LogP contribution is 2.38. The van der Waals surface area contributed by atoms with Crippen LogP contribution in [0.3, 0.4) is 0 Å². The number of aliphatic carboxylic acids is 1. The van der Waals surface area contributed by atoms with Crippen molar-refractivity contribution in [3.05, 3.63) is 17.2 Å². The number of benzene rings is 1. The number of anilines is 1. The molecule has 1 saturated heterocycles. The third-order valence-electron chi connectivity index (χ3n) is 3.74. The van der Waals surface area contributed by atoms with Gasteiger partial charge in [-0.05, 0) is 18.9 Å². The van der Waals surface area contributed by atoms with Gasteiger partial charge < -0.3 is 15.2 Å². The second kappa shape index (κ2) is 5.66. The summed E-state index contributed by atoms with van der Waals surface area (Å²) in [4.78, 5) is 22.3. The summed E-state index contributed by atoms with van der Waals surface area (Å²) in [6.45, 7) is -0.111. The van der Waals surface area contributed by atoms with Crippen LogP contribution in [0.25, 0.3) is 0 Å². The Morgan fingerprint density at radius 1 is 1.43 bits per heavy atom. The lowest BCUT2D eigenvalue weighted by atomic mass is 10.2. The number of carboxylic acids is 1. The van der Waals surface area contributed by atoms with Crippen LogP contribution in [-0.2, 0) is 19.6 Å². The van der Waals surface area contributed by atoms with Crippen LogP contribution in [-0.4, -0.2) is 48.9 Å². The molecule has 2 aliphatic rings. The van der Waals surface area contributed by atoms with Gasteiger partial charge in [0, 0.05) is 12.6 Å². The number of ether oxygens (including phenoxy) is 1. The van der Waals surface area contributed by atoms with Crippen molar-refractivity contribution in [2.45, 2.75) is 23.8 Å². The molecule has 0 spiro atoms. The molecule has 2 N–H and O–H groups in total. The first-order valence-electron chi connectivity index (χ1n) is 6.81. The highest BCUT2D eigenvalue weighted by atomic mass is 35.5. The molecule has 0 bridgehead atoms. The lowest BCUT2D eigenvalue weighted by Gasteiger charge is -2.24. The third kappa shape index (κ3) is 2.75. The monoisotopic (exact) mass is 360 g/mol. The van der Waals surface area contributed by atoms with E-state index < -0.39 is 22.0 Å². The number of halogens is 1. The minimum atomic E-state index is -4.08. The number of carbonyl (C=O) groups excluding carboxylic acids is 1. The largest absolute Gasteiger partial charge is 0.482 e. The molecule has 1 fully saturated rings. The molecule has 0 aromatic heterocycles. The standard InChI is InChI=1S/C13H13ClN2O6S/c14-7-4-8-10(22-6-12(17)15-8)5-11(7)23(20,21)16-3-1-2-9(16)13(18)19/h4-5,9H,1-3,6H2,(H,15,17)(H,18,19)/t9-/m1/s1. The molecule has 1 aromatic carbocycles. The van der Waals surface area contributed by atoms with E-state index in [1.54, 1.807) is 0 Å². The Morgan fingerprint density at radius 2 is 2.17 bits per heavy atom. The first-order chi connectivity index (χ1) is 10.8. The molecule has 0 radical (unpaired) electrons. The predicted molar refractivity (Wildman–Crippen MR) is 80.1 cm³/mol. The van der Waals surface area contributed by atoms with Crippen molar-refractivity contribution >= 4 is 39.2 Å². The highest BCUT2D eigenvalue weighted by Gasteiger charge is 2.40. The molecule has 0 aliphatic carbocycles. The van der Waals surface area contributed by atoms with Gasteiger partial charge in [-0.1, -0.05) is 11.6 Å². The maximum atomic E-state index is 12.8. The normalized spacial score (nSPS) is 21.4. The van der Waals surface area contributed by atoms with Crippen molar-refractivity contribution in [1.29, 1.82) is 0 Å². The quantitative estimate of drug-likeness (QED) is 0.828. The predicted octanol–water partition coefficient (Wildman–Crippen LogP) is 0.909. The van der Waals surface area contributed by atoms with Crippen molar-refractivity contribution in [2.24, 2.45) is 0 Å². The maximum absolute atomic E-state index is 12.8. The zero-order chi connectivity index (χ0) is 16.8. The lowest BCUT2D eigenvalue weighted by Crippen LogP contribution is -2.40. The average Bonchev–Trinajstić information content (AvgIpc) is 2.96. The molecule has 1 amide bonds. The van der Waals surface area contributed by atoms with Gasteiger partial charge in [0.25, 0.3) is 5.91 Å². The molecule has 2 aliphatic heterocycles. The van der Waals surface area contributed by atoms with Crippen LogP contribution in [0.2, 0.25) is 5.02 Å². The van der Waals surface area contributed by atoms with Crippen LogP contribution in [0.1, 0.15) is 12.8 Å². The topological polar surface area (TPSA) is 113 Å². The molecule has 10 heteroatoms. The number of fused-ring (bicyclic) bond motifs is 1. The molecule has 124 valence electrons. The van der Waals surface area contributed by atoms with E-state index in [0.717, 1.165) is 4.31 Å². The van der Waals surface area contributed by atoms with Crippen molar-refractivity contribution in [2.75, 3.05) is 18.5 Å². The Labute approximate surface area is 137 Å². The van der Waals surface area contributed by atoms with Crippen molar-refractivity contribution in [3.8, 4) is 5.75 Å². The molecule has 0 unspecified atom stereocenters. The van der Waals surface area contributed by atoms with E-state index in [1.807, 2.05) is 0 Å². The average molecular weight is 361 g/mol. The first kappa shape index (κ1) is 16.0. The molecular formula is C13H13ClN2O6S. The van der Waals surface area contributed by atoms with E-state index in [2.05, 4.69) is 5.32 Å². The number of rotatable bonds is 3. The van der Waals surface area contributed by atoms with Gasteiger partial charge in [0.2, 0.25) is 10.0 Å². The summed E-state index contributed by atoms with van der Waals surface area (Å²) >= 11 is 6.04. The van der Waals surface area contributed by atoms with Gasteiger partial charge in [-0.25, -0.2) is 8.42 Å². The fraction of sp³-hybridized carbons (Fsp3) is 0.385. The molecular weight excluding hydrogens is 348 g/mol. The molecule has 8 nitrogen and oxygen atoms in total. The van der Waals surface area contributed by atoms with Gasteiger partial charge in [0.1, 0.15) is 16.7 Å². The zero-order valence-electron chi connectivity index (χ0n) is 11.8. The number of amides is 1. The van der Waals surface area contributed by atoms with E-state index in [1.165, 1.54) is 12.1 Å². The number of hydrogen-bond donors (Lipinski definition) is 2. The second-order valence-corrected chi connectivity index (χ2v) is 7.49. The van der Waals surface area contributed by atoms with Crippen LogP contribution in [0, 0.1) is 0 Å². The van der Waals surface area contributed by atoms with Crippen molar-refractivity contribution < 1.29 is 27.9 Å². The van der Waals surface area contributed by atoms with Gasteiger partial charge >= 0.3 is 5.97 Å². The highest BCUT2D eigenvalue weighted by molar-refractivity contribution is 7.89. The molecule has 1 aromatic rings. The Balaban J connectivity index is 2.04. The minimum absolute atomic E-state index is 0.106.